The minimum absolute atomic E-state index is 0.0529. The molecule has 0 aliphatic heterocycles. The van der Waals surface area contributed by atoms with Crippen LogP contribution >= 0.6 is 11.3 Å². The van der Waals surface area contributed by atoms with Gasteiger partial charge >= 0.3 is 0 Å². The van der Waals surface area contributed by atoms with Crippen molar-refractivity contribution in [1.82, 2.24) is 19.9 Å². The monoisotopic (exact) mass is 555 g/mol. The van der Waals surface area contributed by atoms with Crippen LogP contribution in [-0.4, -0.2) is 66.5 Å². The fourth-order valence-electron chi connectivity index (χ4n) is 3.28. The number of benzene rings is 1. The van der Waals surface area contributed by atoms with Crippen LogP contribution < -0.4 is 10.6 Å². The first-order valence-corrected chi connectivity index (χ1v) is 13.9. The number of hydrogen-bond acceptors (Lipinski definition) is 12. The number of nitrogens with one attached hydrogen (secondary N) is 2. The first-order chi connectivity index (χ1) is 18.4. The Hall–Kier alpha value is -4.01. The smallest absolute Gasteiger partial charge is 0.280 e. The van der Waals surface area contributed by atoms with Gasteiger partial charge in [0.1, 0.15) is 16.2 Å². The van der Waals surface area contributed by atoms with Crippen LogP contribution in [0.25, 0.3) is 10.3 Å². The zero-order valence-electron chi connectivity index (χ0n) is 20.6. The Bertz CT molecular complexity index is 1530. The maximum atomic E-state index is 13.3. The normalized spacial score (nSPS) is 11.9. The van der Waals surface area contributed by atoms with Crippen LogP contribution in [0.2, 0.25) is 0 Å². The van der Waals surface area contributed by atoms with Crippen LogP contribution in [0.4, 0.5) is 10.9 Å². The number of methoxy groups -OCH3 is 1. The highest BCUT2D eigenvalue weighted by Gasteiger charge is 2.20. The van der Waals surface area contributed by atoms with Crippen LogP contribution in [0.15, 0.2) is 64.9 Å². The molecule has 0 spiro atoms. The van der Waals surface area contributed by atoms with Crippen molar-refractivity contribution in [1.29, 1.82) is 0 Å². The number of ether oxygens (including phenoxy) is 1. The summed E-state index contributed by atoms with van der Waals surface area (Å²) in [7, 11) is -0.227. The molecule has 14 heteroatoms. The SMILES string of the molecule is CNc1ccc2nc(NC(=O)C(=NOCc3ncccn3)c3ccc(S(=O)(=O)CCCOC)cc3)sc2n1. The summed E-state index contributed by atoms with van der Waals surface area (Å²) in [6.45, 7) is 0.274. The van der Waals surface area contributed by atoms with Crippen molar-refractivity contribution in [2.75, 3.05) is 37.2 Å². The number of carbonyl (C=O) groups excluding carboxylic acids is 1. The molecule has 0 fully saturated rings. The Labute approximate surface area is 223 Å². The summed E-state index contributed by atoms with van der Waals surface area (Å²) in [6.07, 6.45) is 3.50. The van der Waals surface area contributed by atoms with E-state index in [1.807, 2.05) is 0 Å². The Balaban J connectivity index is 1.57. The number of thiazole rings is 1. The van der Waals surface area contributed by atoms with E-state index in [4.69, 9.17) is 9.57 Å². The molecule has 0 atom stereocenters. The second-order valence-corrected chi connectivity index (χ2v) is 10.9. The van der Waals surface area contributed by atoms with E-state index >= 15 is 0 Å². The van der Waals surface area contributed by atoms with Crippen LogP contribution in [0.5, 0.6) is 0 Å². The number of carbonyl (C=O) groups is 1. The molecule has 0 aliphatic carbocycles. The summed E-state index contributed by atoms with van der Waals surface area (Å²) in [5, 5.41) is 10.0. The van der Waals surface area contributed by atoms with E-state index < -0.39 is 15.7 Å². The zero-order chi connectivity index (χ0) is 27.0. The van der Waals surface area contributed by atoms with Gasteiger partial charge < -0.3 is 14.9 Å². The average Bonchev–Trinajstić information content (AvgIpc) is 3.33. The molecule has 0 saturated heterocycles. The lowest BCUT2D eigenvalue weighted by Crippen LogP contribution is -2.24. The maximum Gasteiger partial charge on any atom is 0.280 e. The number of amides is 1. The summed E-state index contributed by atoms with van der Waals surface area (Å²) in [4.78, 5) is 36.4. The first-order valence-electron chi connectivity index (χ1n) is 11.4. The van der Waals surface area contributed by atoms with Gasteiger partial charge in [0.05, 0.1) is 10.6 Å². The number of rotatable bonds is 12. The van der Waals surface area contributed by atoms with Gasteiger partial charge in [-0.3, -0.25) is 10.1 Å². The number of pyridine rings is 1. The molecule has 4 rings (SSSR count). The third kappa shape index (κ3) is 6.85. The van der Waals surface area contributed by atoms with Crippen LogP contribution in [0.1, 0.15) is 17.8 Å². The molecule has 38 heavy (non-hydrogen) atoms. The van der Waals surface area contributed by atoms with Gasteiger partial charge in [0, 0.05) is 38.7 Å². The minimum atomic E-state index is -3.51. The minimum Gasteiger partial charge on any atom is -0.387 e. The number of fused-ring (bicyclic) bond motifs is 1. The van der Waals surface area contributed by atoms with Crippen LogP contribution in [-0.2, 0) is 30.8 Å². The average molecular weight is 556 g/mol. The van der Waals surface area contributed by atoms with E-state index in [1.165, 1.54) is 42.7 Å². The van der Waals surface area contributed by atoms with Crippen LogP contribution in [0.3, 0.4) is 0 Å². The predicted octanol–water partition coefficient (Wildman–Crippen LogP) is 2.89. The number of aromatic nitrogens is 4. The summed E-state index contributed by atoms with van der Waals surface area (Å²) in [6, 6.07) is 11.1. The van der Waals surface area contributed by atoms with Gasteiger partial charge in [-0.25, -0.2) is 28.4 Å². The molecule has 12 nitrogen and oxygen atoms in total. The highest BCUT2D eigenvalue weighted by Crippen LogP contribution is 2.26. The van der Waals surface area contributed by atoms with Crippen molar-refractivity contribution < 1.29 is 22.8 Å². The molecule has 1 aromatic carbocycles. The van der Waals surface area contributed by atoms with E-state index in [0.717, 1.165) is 0 Å². The number of oxime groups is 1. The molecule has 4 aromatic rings. The van der Waals surface area contributed by atoms with Crippen molar-refractivity contribution in [3.63, 3.8) is 0 Å². The lowest BCUT2D eigenvalue weighted by atomic mass is 10.1. The molecule has 0 aliphatic rings. The number of nitrogens with zero attached hydrogens (tertiary/aromatic N) is 5. The quantitative estimate of drug-likeness (QED) is 0.151. The largest absolute Gasteiger partial charge is 0.387 e. The number of anilines is 2. The summed E-state index contributed by atoms with van der Waals surface area (Å²) >= 11 is 1.20. The number of sulfone groups is 1. The fraction of sp³-hybridized carbons (Fsp3) is 0.250. The Kier molecular flexibility index (Phi) is 8.89. The highest BCUT2D eigenvalue weighted by molar-refractivity contribution is 7.91. The molecule has 3 heterocycles. The standard InChI is InChI=1S/C24H25N7O5S2/c1-25-19-10-9-18-23(29-19)37-24(28-18)30-22(32)21(31-36-15-20-26-11-3-12-27-20)16-5-7-17(8-6-16)38(33,34)14-4-13-35-2/h3,5-12H,4,13-15H2,1-2H3,(H,25,29)(H,28,30,32). The predicted molar refractivity (Wildman–Crippen MR) is 144 cm³/mol. The first kappa shape index (κ1) is 27.0. The van der Waals surface area contributed by atoms with Crippen molar-refractivity contribution in [2.45, 2.75) is 17.9 Å². The van der Waals surface area contributed by atoms with Crippen molar-refractivity contribution >= 4 is 54.1 Å². The Morgan fingerprint density at radius 2 is 1.84 bits per heavy atom. The summed E-state index contributed by atoms with van der Waals surface area (Å²) in [5.41, 5.74) is 0.903. The zero-order valence-corrected chi connectivity index (χ0v) is 22.3. The fourth-order valence-corrected chi connectivity index (χ4v) is 5.40. The Morgan fingerprint density at radius 1 is 1.08 bits per heavy atom. The molecule has 0 unspecified atom stereocenters. The lowest BCUT2D eigenvalue weighted by molar-refractivity contribution is -0.110. The maximum absolute atomic E-state index is 13.3. The third-order valence-electron chi connectivity index (χ3n) is 5.16. The van der Waals surface area contributed by atoms with Crippen molar-refractivity contribution in [3.8, 4) is 0 Å². The molecular weight excluding hydrogens is 530 g/mol. The van der Waals surface area contributed by atoms with Gasteiger partial charge in [-0.1, -0.05) is 28.6 Å². The van der Waals surface area contributed by atoms with E-state index in [0.29, 0.717) is 45.7 Å². The van der Waals surface area contributed by atoms with E-state index in [2.05, 4.69) is 35.7 Å². The third-order valence-corrected chi connectivity index (χ3v) is 7.86. The molecule has 1 amide bonds. The molecule has 0 saturated carbocycles. The van der Waals surface area contributed by atoms with Gasteiger partial charge in [0.25, 0.3) is 5.91 Å². The van der Waals surface area contributed by atoms with Gasteiger partial charge in [0.2, 0.25) is 0 Å². The highest BCUT2D eigenvalue weighted by atomic mass is 32.2. The molecule has 0 radical (unpaired) electrons. The molecule has 198 valence electrons. The van der Waals surface area contributed by atoms with Crippen molar-refractivity contribution in [2.24, 2.45) is 5.16 Å². The van der Waals surface area contributed by atoms with Crippen LogP contribution in [0, 0.1) is 0 Å². The van der Waals surface area contributed by atoms with Gasteiger partial charge in [-0.15, -0.1) is 0 Å². The van der Waals surface area contributed by atoms with E-state index in [-0.39, 0.29) is 23.0 Å². The molecule has 0 bridgehead atoms. The van der Waals surface area contributed by atoms with Gasteiger partial charge in [0.15, 0.2) is 33.1 Å². The summed E-state index contributed by atoms with van der Waals surface area (Å²) < 4.78 is 30.1. The van der Waals surface area contributed by atoms with Gasteiger partial charge in [-0.2, -0.15) is 0 Å². The Morgan fingerprint density at radius 3 is 2.55 bits per heavy atom. The second kappa shape index (κ2) is 12.5. The summed E-state index contributed by atoms with van der Waals surface area (Å²) in [5.74, 6) is 0.409. The van der Waals surface area contributed by atoms with E-state index in [9.17, 15) is 13.2 Å². The second-order valence-electron chi connectivity index (χ2n) is 7.81. The molecule has 3 aromatic heterocycles. The number of hydrogen-bond donors (Lipinski definition) is 2. The molecule has 2 N–H and O–H groups in total. The van der Waals surface area contributed by atoms with E-state index in [1.54, 1.807) is 37.6 Å². The topological polar surface area (TPSA) is 158 Å². The van der Waals surface area contributed by atoms with Crippen molar-refractivity contribution in [3.05, 3.63) is 66.2 Å². The molecular formula is C24H25N7O5S2. The lowest BCUT2D eigenvalue weighted by Gasteiger charge is -2.09. The van der Waals surface area contributed by atoms with Gasteiger partial charge in [-0.05, 0) is 36.8 Å².